The number of aromatic nitrogens is 1. The first-order valence-electron chi connectivity index (χ1n) is 8.73. The SMILES string of the molecule is O=C(CNC(=O)c1ccc(Oc2ccccc2)cc1)NNC(=O)c1ccccn1. The van der Waals surface area contributed by atoms with E-state index >= 15 is 0 Å². The standard InChI is InChI=1S/C21H18N4O4/c26-19(24-25-21(28)18-8-4-5-13-22-18)14-23-20(27)15-9-11-17(12-10-15)29-16-6-2-1-3-7-16/h1-13H,14H2,(H,23,27)(H,24,26)(H,25,28). The van der Waals surface area contributed by atoms with Gasteiger partial charge in [-0.15, -0.1) is 0 Å². The Hall–Kier alpha value is -4.20. The second kappa shape index (κ2) is 9.65. The first-order valence-corrected chi connectivity index (χ1v) is 8.73. The number of carbonyl (C=O) groups is 3. The van der Waals surface area contributed by atoms with Gasteiger partial charge in [0, 0.05) is 11.8 Å². The molecule has 1 aromatic heterocycles. The number of amides is 3. The Kier molecular flexibility index (Phi) is 6.51. The zero-order valence-corrected chi connectivity index (χ0v) is 15.3. The summed E-state index contributed by atoms with van der Waals surface area (Å²) in [6.45, 7) is -0.302. The van der Waals surface area contributed by atoms with Crippen molar-refractivity contribution in [3.63, 3.8) is 0 Å². The number of hydrogen-bond acceptors (Lipinski definition) is 5. The highest BCUT2D eigenvalue weighted by Crippen LogP contribution is 2.21. The molecule has 0 atom stereocenters. The van der Waals surface area contributed by atoms with Crippen molar-refractivity contribution in [2.24, 2.45) is 0 Å². The molecule has 0 bridgehead atoms. The summed E-state index contributed by atoms with van der Waals surface area (Å²) in [6.07, 6.45) is 1.47. The molecule has 0 saturated carbocycles. The molecule has 0 radical (unpaired) electrons. The van der Waals surface area contributed by atoms with Crippen LogP contribution < -0.4 is 20.9 Å². The number of hydrazine groups is 1. The number of para-hydroxylation sites is 1. The van der Waals surface area contributed by atoms with Crippen molar-refractivity contribution in [1.82, 2.24) is 21.2 Å². The number of nitrogens with zero attached hydrogens (tertiary/aromatic N) is 1. The summed E-state index contributed by atoms with van der Waals surface area (Å²) < 4.78 is 5.66. The van der Waals surface area contributed by atoms with E-state index < -0.39 is 17.7 Å². The Bertz CT molecular complexity index is 977. The summed E-state index contributed by atoms with van der Waals surface area (Å²) in [5.41, 5.74) is 4.97. The molecule has 3 N–H and O–H groups in total. The molecule has 0 aliphatic carbocycles. The van der Waals surface area contributed by atoms with Crippen molar-refractivity contribution in [2.75, 3.05) is 6.54 Å². The van der Waals surface area contributed by atoms with Gasteiger partial charge < -0.3 is 10.1 Å². The number of ether oxygens (including phenoxy) is 1. The Balaban J connectivity index is 1.44. The number of rotatable bonds is 6. The Morgan fingerprint density at radius 2 is 1.45 bits per heavy atom. The molecule has 3 aromatic rings. The lowest BCUT2D eigenvalue weighted by atomic mass is 10.2. The van der Waals surface area contributed by atoms with Gasteiger partial charge in [-0.1, -0.05) is 24.3 Å². The van der Waals surface area contributed by atoms with Gasteiger partial charge in [-0.3, -0.25) is 30.2 Å². The van der Waals surface area contributed by atoms with Crippen molar-refractivity contribution < 1.29 is 19.1 Å². The van der Waals surface area contributed by atoms with E-state index in [4.69, 9.17) is 4.74 Å². The largest absolute Gasteiger partial charge is 0.457 e. The number of carbonyl (C=O) groups excluding carboxylic acids is 3. The number of hydrogen-bond donors (Lipinski definition) is 3. The van der Waals surface area contributed by atoms with Crippen LogP contribution in [0.5, 0.6) is 11.5 Å². The molecule has 0 unspecified atom stereocenters. The number of pyridine rings is 1. The molecule has 3 rings (SSSR count). The molecule has 0 aliphatic heterocycles. The van der Waals surface area contributed by atoms with Gasteiger partial charge in [0.2, 0.25) is 0 Å². The van der Waals surface area contributed by atoms with E-state index in [1.54, 1.807) is 36.4 Å². The highest BCUT2D eigenvalue weighted by molar-refractivity contribution is 5.97. The van der Waals surface area contributed by atoms with Crippen molar-refractivity contribution in [1.29, 1.82) is 0 Å². The van der Waals surface area contributed by atoms with Crippen molar-refractivity contribution in [3.05, 3.63) is 90.3 Å². The summed E-state index contributed by atoms with van der Waals surface area (Å²) in [7, 11) is 0. The maximum Gasteiger partial charge on any atom is 0.288 e. The predicted molar refractivity (Wildman–Crippen MR) is 105 cm³/mol. The second-order valence-electron chi connectivity index (χ2n) is 5.84. The van der Waals surface area contributed by atoms with Crippen molar-refractivity contribution >= 4 is 17.7 Å². The van der Waals surface area contributed by atoms with Crippen LogP contribution in [-0.2, 0) is 4.79 Å². The molecule has 29 heavy (non-hydrogen) atoms. The van der Waals surface area contributed by atoms with Crippen LogP contribution in [0.4, 0.5) is 0 Å². The molecule has 0 saturated heterocycles. The van der Waals surface area contributed by atoms with Gasteiger partial charge in [-0.05, 0) is 48.5 Å². The Morgan fingerprint density at radius 1 is 0.759 bits per heavy atom. The van der Waals surface area contributed by atoms with E-state index in [0.717, 1.165) is 0 Å². The van der Waals surface area contributed by atoms with Crippen LogP contribution in [0.25, 0.3) is 0 Å². The Labute approximate surface area is 166 Å². The van der Waals surface area contributed by atoms with Crippen molar-refractivity contribution in [2.45, 2.75) is 0 Å². The van der Waals surface area contributed by atoms with E-state index in [1.807, 2.05) is 30.3 Å². The van der Waals surface area contributed by atoms with E-state index in [9.17, 15) is 14.4 Å². The molecule has 1 heterocycles. The first kappa shape index (κ1) is 19.6. The molecule has 8 nitrogen and oxygen atoms in total. The maximum atomic E-state index is 12.1. The minimum atomic E-state index is -0.577. The van der Waals surface area contributed by atoms with E-state index in [0.29, 0.717) is 17.1 Å². The highest BCUT2D eigenvalue weighted by Gasteiger charge is 2.10. The monoisotopic (exact) mass is 390 g/mol. The molecular weight excluding hydrogens is 372 g/mol. The fraction of sp³-hybridized carbons (Fsp3) is 0.0476. The van der Waals surface area contributed by atoms with E-state index in [1.165, 1.54) is 12.3 Å². The van der Waals surface area contributed by atoms with Crippen LogP contribution in [0, 0.1) is 0 Å². The summed E-state index contributed by atoms with van der Waals surface area (Å²) >= 11 is 0. The lowest BCUT2D eigenvalue weighted by Crippen LogP contribution is -2.46. The van der Waals surface area contributed by atoms with Crippen LogP contribution in [0.2, 0.25) is 0 Å². The van der Waals surface area contributed by atoms with Crippen molar-refractivity contribution in [3.8, 4) is 11.5 Å². The maximum absolute atomic E-state index is 12.1. The van der Waals surface area contributed by atoms with Gasteiger partial charge in [-0.2, -0.15) is 0 Å². The van der Waals surface area contributed by atoms with Gasteiger partial charge in [0.25, 0.3) is 17.7 Å². The van der Waals surface area contributed by atoms with Gasteiger partial charge in [0.1, 0.15) is 17.2 Å². The summed E-state index contributed by atoms with van der Waals surface area (Å²) in [5.74, 6) is -0.287. The molecule has 2 aromatic carbocycles. The molecule has 0 aliphatic rings. The van der Waals surface area contributed by atoms with Gasteiger partial charge in [0.15, 0.2) is 0 Å². The summed E-state index contributed by atoms with van der Waals surface area (Å²) in [6, 6.07) is 20.6. The fourth-order valence-electron chi connectivity index (χ4n) is 2.29. The lowest BCUT2D eigenvalue weighted by Gasteiger charge is -2.09. The van der Waals surface area contributed by atoms with Gasteiger partial charge in [0.05, 0.1) is 6.54 Å². The van der Waals surface area contributed by atoms with Crippen LogP contribution in [0.1, 0.15) is 20.8 Å². The third-order valence-electron chi connectivity index (χ3n) is 3.72. The average molecular weight is 390 g/mol. The van der Waals surface area contributed by atoms with Crippen LogP contribution in [0.3, 0.4) is 0 Å². The topological polar surface area (TPSA) is 109 Å². The zero-order chi connectivity index (χ0) is 20.5. The quantitative estimate of drug-likeness (QED) is 0.558. The summed E-state index contributed by atoms with van der Waals surface area (Å²) in [5, 5.41) is 2.47. The lowest BCUT2D eigenvalue weighted by molar-refractivity contribution is -0.120. The third kappa shape index (κ3) is 5.90. The normalized spacial score (nSPS) is 9.93. The molecule has 3 amide bonds. The van der Waals surface area contributed by atoms with E-state index in [2.05, 4.69) is 21.2 Å². The highest BCUT2D eigenvalue weighted by atomic mass is 16.5. The van der Waals surface area contributed by atoms with Gasteiger partial charge >= 0.3 is 0 Å². The molecular formula is C21H18N4O4. The van der Waals surface area contributed by atoms with E-state index in [-0.39, 0.29) is 12.2 Å². The van der Waals surface area contributed by atoms with Gasteiger partial charge in [-0.25, -0.2) is 0 Å². The third-order valence-corrected chi connectivity index (χ3v) is 3.72. The first-order chi connectivity index (χ1) is 14.1. The number of benzene rings is 2. The fourth-order valence-corrected chi connectivity index (χ4v) is 2.29. The second-order valence-corrected chi connectivity index (χ2v) is 5.84. The van der Waals surface area contributed by atoms with Crippen LogP contribution in [0.15, 0.2) is 79.0 Å². The van der Waals surface area contributed by atoms with Crippen LogP contribution >= 0.6 is 0 Å². The van der Waals surface area contributed by atoms with Crippen LogP contribution in [-0.4, -0.2) is 29.3 Å². The smallest absolute Gasteiger partial charge is 0.288 e. The molecule has 146 valence electrons. The Morgan fingerprint density at radius 3 is 2.14 bits per heavy atom. The molecule has 0 spiro atoms. The minimum absolute atomic E-state index is 0.162. The molecule has 0 fully saturated rings. The summed E-state index contributed by atoms with van der Waals surface area (Å²) in [4.78, 5) is 39.6. The zero-order valence-electron chi connectivity index (χ0n) is 15.3. The minimum Gasteiger partial charge on any atom is -0.457 e. The average Bonchev–Trinajstić information content (AvgIpc) is 2.77. The number of nitrogens with one attached hydrogen (secondary N) is 3. The predicted octanol–water partition coefficient (Wildman–Crippen LogP) is 2.06. The molecule has 8 heteroatoms.